The number of hydrazine groups is 1. The SMILES string of the molecule is C=C(C)CNC(=S)NNC(=O)c1cccc(NC(=S)NCC(=C)C)c1. The van der Waals surface area contributed by atoms with Crippen LogP contribution >= 0.6 is 24.4 Å². The third kappa shape index (κ3) is 8.83. The van der Waals surface area contributed by atoms with Crippen LogP contribution in [0.15, 0.2) is 48.6 Å². The van der Waals surface area contributed by atoms with Gasteiger partial charge in [0.1, 0.15) is 0 Å². The predicted molar refractivity (Wildman–Crippen MR) is 111 cm³/mol. The highest BCUT2D eigenvalue weighted by atomic mass is 32.1. The van der Waals surface area contributed by atoms with E-state index in [1.807, 2.05) is 19.9 Å². The average molecular weight is 378 g/mol. The Kier molecular flexibility index (Phi) is 8.59. The smallest absolute Gasteiger partial charge is 0.269 e. The molecular weight excluding hydrogens is 354 g/mol. The Bertz CT molecular complexity index is 687. The van der Waals surface area contributed by atoms with Crippen LogP contribution in [-0.4, -0.2) is 29.2 Å². The van der Waals surface area contributed by atoms with Crippen molar-refractivity contribution in [2.75, 3.05) is 18.4 Å². The van der Waals surface area contributed by atoms with Crippen LogP contribution < -0.4 is 26.8 Å². The number of benzene rings is 1. The van der Waals surface area contributed by atoms with Crippen molar-refractivity contribution in [3.63, 3.8) is 0 Å². The number of carbonyl (C=O) groups excluding carboxylic acids is 1. The van der Waals surface area contributed by atoms with E-state index in [2.05, 4.69) is 40.0 Å². The average Bonchev–Trinajstić information content (AvgIpc) is 2.56. The van der Waals surface area contributed by atoms with Crippen LogP contribution in [0.1, 0.15) is 24.2 Å². The molecule has 0 unspecified atom stereocenters. The molecule has 8 heteroatoms. The van der Waals surface area contributed by atoms with Crippen molar-refractivity contribution < 1.29 is 4.79 Å². The van der Waals surface area contributed by atoms with Gasteiger partial charge in [-0.1, -0.05) is 30.4 Å². The summed E-state index contributed by atoms with van der Waals surface area (Å²) in [4.78, 5) is 12.2. The summed E-state index contributed by atoms with van der Waals surface area (Å²) in [5.41, 5.74) is 8.25. The maximum absolute atomic E-state index is 12.2. The zero-order valence-electron chi connectivity index (χ0n) is 14.4. The summed E-state index contributed by atoms with van der Waals surface area (Å²) in [5, 5.41) is 9.73. The Morgan fingerprint density at radius 3 is 2.20 bits per heavy atom. The molecule has 0 aromatic heterocycles. The molecule has 0 aliphatic heterocycles. The van der Waals surface area contributed by atoms with Gasteiger partial charge >= 0.3 is 0 Å². The van der Waals surface area contributed by atoms with Gasteiger partial charge in [-0.05, 0) is 56.5 Å². The first-order valence-corrected chi connectivity index (χ1v) is 8.37. The van der Waals surface area contributed by atoms with Gasteiger partial charge in [-0.2, -0.15) is 0 Å². The van der Waals surface area contributed by atoms with Crippen LogP contribution in [0.25, 0.3) is 0 Å². The third-order valence-corrected chi connectivity index (χ3v) is 3.27. The Hall–Kier alpha value is -2.45. The second-order valence-electron chi connectivity index (χ2n) is 5.56. The van der Waals surface area contributed by atoms with Gasteiger partial charge in [-0.25, -0.2) is 0 Å². The molecule has 0 bridgehead atoms. The molecule has 1 aromatic carbocycles. The molecular formula is C17H23N5OS2. The summed E-state index contributed by atoms with van der Waals surface area (Å²) in [6.07, 6.45) is 0. The Labute approximate surface area is 159 Å². The number of hydrogen-bond acceptors (Lipinski definition) is 3. The van der Waals surface area contributed by atoms with Gasteiger partial charge in [-0.3, -0.25) is 15.6 Å². The lowest BCUT2D eigenvalue weighted by molar-refractivity contribution is 0.0944. The van der Waals surface area contributed by atoms with Crippen molar-refractivity contribution in [1.29, 1.82) is 0 Å². The van der Waals surface area contributed by atoms with E-state index in [0.717, 1.165) is 11.1 Å². The lowest BCUT2D eigenvalue weighted by Crippen LogP contribution is -2.47. The van der Waals surface area contributed by atoms with Crippen molar-refractivity contribution in [3.05, 3.63) is 54.1 Å². The van der Waals surface area contributed by atoms with Crippen LogP contribution in [0.2, 0.25) is 0 Å². The topological polar surface area (TPSA) is 77.2 Å². The predicted octanol–water partition coefficient (Wildman–Crippen LogP) is 2.23. The molecule has 0 aliphatic carbocycles. The number of rotatable bonds is 6. The summed E-state index contributed by atoms with van der Waals surface area (Å²) in [5.74, 6) is -0.316. The van der Waals surface area contributed by atoms with E-state index in [-0.39, 0.29) is 5.91 Å². The van der Waals surface area contributed by atoms with E-state index in [4.69, 9.17) is 24.4 Å². The Morgan fingerprint density at radius 1 is 1.00 bits per heavy atom. The van der Waals surface area contributed by atoms with E-state index < -0.39 is 0 Å². The van der Waals surface area contributed by atoms with Gasteiger partial charge in [0.25, 0.3) is 5.91 Å². The summed E-state index contributed by atoms with van der Waals surface area (Å²) >= 11 is 10.2. The lowest BCUT2D eigenvalue weighted by atomic mass is 10.2. The molecule has 0 fully saturated rings. The normalized spacial score (nSPS) is 9.52. The Balaban J connectivity index is 2.54. The molecule has 25 heavy (non-hydrogen) atoms. The highest BCUT2D eigenvalue weighted by Crippen LogP contribution is 2.10. The molecule has 0 heterocycles. The molecule has 1 rings (SSSR count). The van der Waals surface area contributed by atoms with Gasteiger partial charge in [0.2, 0.25) is 0 Å². The fourth-order valence-electron chi connectivity index (χ4n) is 1.61. The lowest BCUT2D eigenvalue weighted by Gasteiger charge is -2.13. The Morgan fingerprint density at radius 2 is 1.60 bits per heavy atom. The molecule has 0 aliphatic rings. The summed E-state index contributed by atoms with van der Waals surface area (Å²) < 4.78 is 0. The standard InChI is InChI=1S/C17H23N5OS2/c1-11(2)9-18-16(24)20-14-7-5-6-13(8-14)15(23)21-22-17(25)19-10-12(3)4/h5-8H,1,3,9-10H2,2,4H3,(H,21,23)(H2,18,20,24)(H2,19,22,25). The highest BCUT2D eigenvalue weighted by Gasteiger charge is 2.07. The maximum atomic E-state index is 12.2. The number of anilines is 1. The summed E-state index contributed by atoms with van der Waals surface area (Å²) in [7, 11) is 0. The third-order valence-electron chi connectivity index (χ3n) is 2.77. The fraction of sp³-hybridized carbons (Fsp3) is 0.235. The van der Waals surface area contributed by atoms with Gasteiger partial charge in [0.15, 0.2) is 10.2 Å². The number of amides is 1. The fourth-order valence-corrected chi connectivity index (χ4v) is 1.92. The van der Waals surface area contributed by atoms with Crippen LogP contribution in [0.4, 0.5) is 5.69 Å². The quantitative estimate of drug-likeness (QED) is 0.296. The molecule has 0 atom stereocenters. The minimum Gasteiger partial charge on any atom is -0.359 e. The van der Waals surface area contributed by atoms with Crippen molar-refractivity contribution >= 4 is 46.3 Å². The molecule has 134 valence electrons. The highest BCUT2D eigenvalue weighted by molar-refractivity contribution is 7.80. The number of thiocarbonyl (C=S) groups is 2. The second kappa shape index (κ2) is 10.4. The summed E-state index contributed by atoms with van der Waals surface area (Å²) in [6, 6.07) is 6.96. The number of hydrogen-bond donors (Lipinski definition) is 5. The monoisotopic (exact) mass is 377 g/mol. The van der Waals surface area contributed by atoms with Crippen molar-refractivity contribution in [1.82, 2.24) is 21.5 Å². The molecule has 0 saturated carbocycles. The number of nitrogens with one attached hydrogen (secondary N) is 5. The van der Waals surface area contributed by atoms with E-state index in [1.165, 1.54) is 0 Å². The minimum absolute atomic E-state index is 0.316. The van der Waals surface area contributed by atoms with Crippen LogP contribution in [0, 0.1) is 0 Å². The molecule has 5 N–H and O–H groups in total. The van der Waals surface area contributed by atoms with Gasteiger partial charge in [0, 0.05) is 24.3 Å². The first kappa shape index (κ1) is 20.6. The van der Waals surface area contributed by atoms with E-state index in [9.17, 15) is 4.79 Å². The molecule has 0 radical (unpaired) electrons. The molecule has 6 nitrogen and oxygen atoms in total. The zero-order valence-corrected chi connectivity index (χ0v) is 16.0. The first-order chi connectivity index (χ1) is 11.8. The largest absolute Gasteiger partial charge is 0.359 e. The van der Waals surface area contributed by atoms with Crippen molar-refractivity contribution in [2.45, 2.75) is 13.8 Å². The minimum atomic E-state index is -0.316. The van der Waals surface area contributed by atoms with Crippen molar-refractivity contribution in [3.8, 4) is 0 Å². The molecule has 0 spiro atoms. The van der Waals surface area contributed by atoms with E-state index in [0.29, 0.717) is 34.6 Å². The van der Waals surface area contributed by atoms with Crippen LogP contribution in [0.5, 0.6) is 0 Å². The van der Waals surface area contributed by atoms with Gasteiger partial charge in [0.05, 0.1) is 0 Å². The van der Waals surface area contributed by atoms with Gasteiger partial charge in [-0.15, -0.1) is 0 Å². The van der Waals surface area contributed by atoms with E-state index >= 15 is 0 Å². The maximum Gasteiger partial charge on any atom is 0.269 e. The van der Waals surface area contributed by atoms with Crippen LogP contribution in [0.3, 0.4) is 0 Å². The van der Waals surface area contributed by atoms with E-state index in [1.54, 1.807) is 18.2 Å². The van der Waals surface area contributed by atoms with Crippen LogP contribution in [-0.2, 0) is 0 Å². The first-order valence-electron chi connectivity index (χ1n) is 7.56. The molecule has 0 saturated heterocycles. The number of carbonyl (C=O) groups is 1. The zero-order chi connectivity index (χ0) is 18.8. The van der Waals surface area contributed by atoms with Gasteiger partial charge < -0.3 is 16.0 Å². The molecule has 1 amide bonds. The molecule has 1 aromatic rings. The second-order valence-corrected chi connectivity index (χ2v) is 6.38. The summed E-state index contributed by atoms with van der Waals surface area (Å²) in [6.45, 7) is 12.5. The van der Waals surface area contributed by atoms with Crippen molar-refractivity contribution in [2.24, 2.45) is 0 Å².